The molecule has 0 radical (unpaired) electrons. The minimum Gasteiger partial charge on any atom is -0.394 e. The number of hydrogen-bond acceptors (Lipinski definition) is 10. The lowest BCUT2D eigenvalue weighted by atomic mass is 9.88. The zero-order valence-corrected chi connectivity index (χ0v) is 23.1. The van der Waals surface area contributed by atoms with Crippen molar-refractivity contribution in [3.05, 3.63) is 35.4 Å². The molecule has 4 rings (SSSR count). The molecule has 2 bridgehead atoms. The number of amides is 4. The van der Waals surface area contributed by atoms with Crippen molar-refractivity contribution >= 4 is 38.4 Å². The summed E-state index contributed by atoms with van der Waals surface area (Å²) in [5, 5.41) is 19.3. The highest BCUT2D eigenvalue weighted by Crippen LogP contribution is 2.51. The van der Waals surface area contributed by atoms with Crippen LogP contribution in [0.2, 0.25) is 0 Å². The number of hydrogen-bond donors (Lipinski definition) is 1. The average molecular weight is 560 g/mol. The third-order valence-corrected chi connectivity index (χ3v) is 8.85. The van der Waals surface area contributed by atoms with Crippen molar-refractivity contribution in [1.82, 2.24) is 9.57 Å². The van der Waals surface area contributed by atoms with Gasteiger partial charge < -0.3 is 18.9 Å². The molecule has 1 saturated heterocycles. The molecule has 0 spiro atoms. The minimum absolute atomic E-state index is 0.0157. The number of rotatable bonds is 9. The topological polar surface area (TPSA) is 149 Å². The summed E-state index contributed by atoms with van der Waals surface area (Å²) in [7, 11) is -1.85. The van der Waals surface area contributed by atoms with Crippen molar-refractivity contribution in [3.8, 4) is 6.07 Å². The number of benzene rings is 1. The zero-order chi connectivity index (χ0) is 28.4. The number of ether oxygens (including phenoxy) is 1. The second-order valence-corrected chi connectivity index (χ2v) is 11.3. The van der Waals surface area contributed by atoms with Crippen LogP contribution in [0, 0.1) is 17.2 Å². The Balaban J connectivity index is 1.83. The summed E-state index contributed by atoms with van der Waals surface area (Å²) in [5.74, 6) is -3.29. The quantitative estimate of drug-likeness (QED) is 0.207. The van der Waals surface area contributed by atoms with Gasteiger partial charge in [0.2, 0.25) is 6.23 Å². The van der Waals surface area contributed by atoms with Gasteiger partial charge in [-0.3, -0.25) is 4.79 Å². The average Bonchev–Trinajstić information content (AvgIpc) is 3.25. The molecule has 39 heavy (non-hydrogen) atoms. The maximum Gasteiger partial charge on any atom is 0.510 e. The molecule has 0 aliphatic carbocycles. The van der Waals surface area contributed by atoms with E-state index in [1.807, 2.05) is 38.4 Å². The number of aliphatic hydroxyl groups excluding tert-OH is 1. The van der Waals surface area contributed by atoms with Crippen LogP contribution in [0.3, 0.4) is 0 Å². The van der Waals surface area contributed by atoms with E-state index in [0.29, 0.717) is 4.90 Å². The predicted octanol–water partition coefficient (Wildman–Crippen LogP) is 2.45. The van der Waals surface area contributed by atoms with Gasteiger partial charge in [0.05, 0.1) is 37.5 Å². The van der Waals surface area contributed by atoms with Gasteiger partial charge in [-0.05, 0) is 33.8 Å². The van der Waals surface area contributed by atoms with Crippen LogP contribution in [-0.2, 0) is 18.6 Å². The number of fused-ring (bicyclic) bond motifs is 5. The molecular weight excluding hydrogens is 527 g/mol. The van der Waals surface area contributed by atoms with E-state index in [9.17, 15) is 24.3 Å². The molecule has 1 aromatic carbocycles. The number of ketones is 1. The highest BCUT2D eigenvalue weighted by atomic mass is 31.2. The first kappa shape index (κ1) is 29.1. The molecule has 3 heterocycles. The SMILES string of the molecule is CC(C)N(C(C)C)P(OCCC#N)O[C@H]1[C@H]2C(=O)c3ccccc3C(=O)N3C(=O)CC=[N+](C3=O)[C@@H]2O[C@@H]1CO. The smallest absolute Gasteiger partial charge is 0.394 e. The molecule has 208 valence electrons. The van der Waals surface area contributed by atoms with Crippen LogP contribution in [0.5, 0.6) is 0 Å². The Labute approximate surface area is 227 Å². The molecular formula is C26H32N4O8P+. The molecule has 1 N–H and O–H groups in total. The van der Waals surface area contributed by atoms with Gasteiger partial charge in [0.25, 0.3) is 8.53 Å². The summed E-state index contributed by atoms with van der Waals surface area (Å²) in [6, 6.07) is 7.02. The summed E-state index contributed by atoms with van der Waals surface area (Å²) in [6.45, 7) is 7.41. The number of imide groups is 3. The molecule has 0 saturated carbocycles. The Kier molecular flexibility index (Phi) is 9.01. The summed E-state index contributed by atoms with van der Waals surface area (Å²) < 4.78 is 21.6. The molecule has 1 aromatic rings. The van der Waals surface area contributed by atoms with Crippen LogP contribution in [0.1, 0.15) is 61.3 Å². The summed E-state index contributed by atoms with van der Waals surface area (Å²) in [6.07, 6.45) is -2.18. The number of Topliss-reactive ketones (excluding diaryl/α,β-unsaturated/α-hetero) is 1. The maximum atomic E-state index is 14.2. The van der Waals surface area contributed by atoms with Crippen molar-refractivity contribution in [1.29, 1.82) is 5.26 Å². The van der Waals surface area contributed by atoms with E-state index in [4.69, 9.17) is 19.0 Å². The van der Waals surface area contributed by atoms with Crippen LogP contribution in [0.15, 0.2) is 24.3 Å². The van der Waals surface area contributed by atoms with Crippen molar-refractivity contribution in [2.45, 2.75) is 71.1 Å². The van der Waals surface area contributed by atoms with E-state index in [-0.39, 0.29) is 42.7 Å². The second kappa shape index (κ2) is 12.1. The second-order valence-electron chi connectivity index (χ2n) is 9.91. The van der Waals surface area contributed by atoms with E-state index in [0.717, 1.165) is 4.58 Å². The van der Waals surface area contributed by atoms with E-state index in [1.165, 1.54) is 18.3 Å². The van der Waals surface area contributed by atoms with Gasteiger partial charge in [-0.1, -0.05) is 23.1 Å². The first-order chi connectivity index (χ1) is 18.6. The van der Waals surface area contributed by atoms with Gasteiger partial charge in [0.15, 0.2) is 5.78 Å². The van der Waals surface area contributed by atoms with Gasteiger partial charge in [-0.2, -0.15) is 14.6 Å². The largest absolute Gasteiger partial charge is 0.510 e. The number of carbonyl (C=O) groups excluding carboxylic acids is 4. The number of carbonyl (C=O) groups is 4. The lowest BCUT2D eigenvalue weighted by Gasteiger charge is -2.38. The Morgan fingerprint density at radius 3 is 2.46 bits per heavy atom. The number of nitrogens with zero attached hydrogens (tertiary/aromatic N) is 4. The van der Waals surface area contributed by atoms with E-state index < -0.39 is 63.1 Å². The van der Waals surface area contributed by atoms with Gasteiger partial charge in [-0.15, -0.1) is 0 Å². The lowest BCUT2D eigenvalue weighted by molar-refractivity contribution is -0.534. The normalized spacial score (nSPS) is 25.7. The molecule has 5 atom stereocenters. The predicted molar refractivity (Wildman–Crippen MR) is 138 cm³/mol. The molecule has 12 nitrogen and oxygen atoms in total. The number of urea groups is 1. The van der Waals surface area contributed by atoms with Gasteiger partial charge in [0.1, 0.15) is 24.5 Å². The van der Waals surface area contributed by atoms with Crippen molar-refractivity contribution in [2.24, 2.45) is 5.92 Å². The van der Waals surface area contributed by atoms with Crippen molar-refractivity contribution < 1.29 is 42.6 Å². The molecule has 1 fully saturated rings. The molecule has 4 amide bonds. The first-order valence-electron chi connectivity index (χ1n) is 12.8. The zero-order valence-electron chi connectivity index (χ0n) is 22.2. The molecule has 3 aliphatic rings. The third kappa shape index (κ3) is 5.43. The maximum absolute atomic E-state index is 14.2. The van der Waals surface area contributed by atoms with E-state index in [1.54, 1.807) is 12.1 Å². The fourth-order valence-electron chi connectivity index (χ4n) is 5.10. The van der Waals surface area contributed by atoms with Crippen molar-refractivity contribution in [3.63, 3.8) is 0 Å². The Morgan fingerprint density at radius 1 is 1.18 bits per heavy atom. The molecule has 0 aromatic heterocycles. The first-order valence-corrected chi connectivity index (χ1v) is 13.9. The van der Waals surface area contributed by atoms with E-state index in [2.05, 4.69) is 0 Å². The summed E-state index contributed by atoms with van der Waals surface area (Å²) >= 11 is 0. The Morgan fingerprint density at radius 2 is 1.85 bits per heavy atom. The Bertz CT molecular complexity index is 1220. The van der Waals surface area contributed by atoms with Crippen LogP contribution in [0.4, 0.5) is 4.79 Å². The fraction of sp³-hybridized carbons (Fsp3) is 0.538. The van der Waals surface area contributed by atoms with Gasteiger partial charge >= 0.3 is 17.8 Å². The molecule has 1 unspecified atom stereocenters. The number of aliphatic hydroxyl groups is 1. The summed E-state index contributed by atoms with van der Waals surface area (Å²) in [4.78, 5) is 54.1. The van der Waals surface area contributed by atoms with Crippen LogP contribution in [-0.4, -0.2) is 92.8 Å². The minimum atomic E-state index is -1.85. The molecule has 13 heteroatoms. The Hall–Kier alpha value is -2.91. The molecule has 3 aliphatic heterocycles. The highest BCUT2D eigenvalue weighted by Gasteiger charge is 2.59. The van der Waals surface area contributed by atoms with E-state index >= 15 is 0 Å². The van der Waals surface area contributed by atoms with Crippen LogP contribution >= 0.6 is 8.53 Å². The number of nitriles is 1. The highest BCUT2D eigenvalue weighted by molar-refractivity contribution is 7.44. The monoisotopic (exact) mass is 559 g/mol. The fourth-order valence-corrected chi connectivity index (χ4v) is 6.88. The van der Waals surface area contributed by atoms with Crippen LogP contribution < -0.4 is 0 Å². The standard InChI is InChI=1S/C26H32N4O8P/c1-15(2)30(16(3)4)39(36-13-7-11-27)38-23-19(14-31)37-25-21(23)22(33)17-8-5-6-9-18(17)24(34)29-20(32)10-12-28(25)26(29)35/h5-6,8-9,12,15-16,19,21,23,25,31H,7,10,13-14H2,1-4H3/q+1/t19-,21-,23-,25-,39?/m1/s1. The van der Waals surface area contributed by atoms with Crippen molar-refractivity contribution in [2.75, 3.05) is 13.2 Å². The van der Waals surface area contributed by atoms with Gasteiger partial charge in [0, 0.05) is 17.6 Å². The lowest BCUT2D eigenvalue weighted by Crippen LogP contribution is -2.53. The third-order valence-electron chi connectivity index (χ3n) is 6.72. The summed E-state index contributed by atoms with van der Waals surface area (Å²) in [5.41, 5.74) is -0.0710. The van der Waals surface area contributed by atoms with Gasteiger partial charge in [-0.25, -0.2) is 14.3 Å². The van der Waals surface area contributed by atoms with Crippen LogP contribution in [0.25, 0.3) is 0 Å².